The summed E-state index contributed by atoms with van der Waals surface area (Å²) in [5, 5.41) is 9.49. The van der Waals surface area contributed by atoms with Crippen molar-refractivity contribution in [2.75, 3.05) is 19.8 Å². The Kier molecular flexibility index (Phi) is 8.37. The van der Waals surface area contributed by atoms with E-state index in [1.165, 1.54) is 24.3 Å². The number of imidazole rings is 1. The minimum Gasteiger partial charge on any atom is -0.478 e. The van der Waals surface area contributed by atoms with E-state index in [2.05, 4.69) is 21.8 Å². The van der Waals surface area contributed by atoms with Crippen molar-refractivity contribution < 1.29 is 37.3 Å². The van der Waals surface area contributed by atoms with Crippen LogP contribution in [0, 0.1) is 34.7 Å². The van der Waals surface area contributed by atoms with Gasteiger partial charge in [-0.3, -0.25) is 0 Å². The van der Waals surface area contributed by atoms with Gasteiger partial charge in [-0.25, -0.2) is 27.9 Å². The van der Waals surface area contributed by atoms with E-state index >= 15 is 8.78 Å². The molecule has 2 aromatic heterocycles. The van der Waals surface area contributed by atoms with E-state index in [1.54, 1.807) is 30.3 Å². The Bertz CT molecular complexity index is 2110. The van der Waals surface area contributed by atoms with Crippen LogP contribution in [0.5, 0.6) is 5.88 Å². The molecule has 0 saturated carbocycles. The molecular weight excluding hydrogens is 623 g/mol. The first-order valence-corrected chi connectivity index (χ1v) is 15.5. The third-order valence-corrected chi connectivity index (χ3v) is 8.52. The molecule has 2 saturated heterocycles. The van der Waals surface area contributed by atoms with Crippen molar-refractivity contribution in [1.29, 1.82) is 0 Å². The van der Waals surface area contributed by atoms with Crippen LogP contribution in [0.2, 0.25) is 0 Å². The molecule has 1 unspecified atom stereocenters. The smallest absolute Gasteiger partial charge is 0.335 e. The molecule has 3 aromatic carbocycles. The molecule has 2 fully saturated rings. The van der Waals surface area contributed by atoms with E-state index in [-0.39, 0.29) is 52.8 Å². The molecule has 7 rings (SSSR count). The average molecular weight is 654 g/mol. The molecule has 8 nitrogen and oxygen atoms in total. The number of benzene rings is 3. The molecule has 5 aromatic rings. The summed E-state index contributed by atoms with van der Waals surface area (Å²) >= 11 is 0. The first-order chi connectivity index (χ1) is 23.1. The molecule has 244 valence electrons. The molecule has 0 amide bonds. The van der Waals surface area contributed by atoms with Gasteiger partial charge in [0.15, 0.2) is 0 Å². The lowest BCUT2D eigenvalue weighted by Gasteiger charge is -2.32. The zero-order valence-electron chi connectivity index (χ0n) is 25.9. The van der Waals surface area contributed by atoms with Gasteiger partial charge in [0.25, 0.3) is 0 Å². The van der Waals surface area contributed by atoms with Crippen LogP contribution < -0.4 is 4.74 Å². The maximum Gasteiger partial charge on any atom is 0.335 e. The number of carboxylic acids is 1. The van der Waals surface area contributed by atoms with E-state index in [0.29, 0.717) is 54.4 Å². The third-order valence-electron chi connectivity index (χ3n) is 8.52. The van der Waals surface area contributed by atoms with Crippen molar-refractivity contribution in [3.8, 4) is 29.0 Å². The van der Waals surface area contributed by atoms with Crippen LogP contribution in [0.15, 0.2) is 66.7 Å². The van der Waals surface area contributed by atoms with Crippen molar-refractivity contribution >= 4 is 17.0 Å². The highest BCUT2D eigenvalue weighted by Crippen LogP contribution is 2.29. The molecule has 1 N–H and O–H groups in total. The quantitative estimate of drug-likeness (QED) is 0.180. The molecule has 48 heavy (non-hydrogen) atoms. The van der Waals surface area contributed by atoms with Gasteiger partial charge in [0.05, 0.1) is 53.6 Å². The molecule has 0 aliphatic carbocycles. The van der Waals surface area contributed by atoms with Crippen molar-refractivity contribution in [2.45, 2.75) is 39.0 Å². The van der Waals surface area contributed by atoms with Gasteiger partial charge < -0.3 is 23.9 Å². The fraction of sp³-hybridized carbons (Fsp3) is 0.270. The highest BCUT2D eigenvalue weighted by molar-refractivity contribution is 5.92. The van der Waals surface area contributed by atoms with E-state index in [0.717, 1.165) is 18.6 Å². The summed E-state index contributed by atoms with van der Waals surface area (Å²) in [4.78, 5) is 20.6. The summed E-state index contributed by atoms with van der Waals surface area (Å²) in [6.45, 7) is 4.01. The number of nitrogens with zero attached hydrogens (tertiary/aromatic N) is 3. The number of aromatic nitrogens is 3. The van der Waals surface area contributed by atoms with Gasteiger partial charge in [0.1, 0.15) is 29.9 Å². The van der Waals surface area contributed by atoms with Gasteiger partial charge in [-0.05, 0) is 67.4 Å². The van der Waals surface area contributed by atoms with Crippen LogP contribution >= 0.6 is 0 Å². The Morgan fingerprint density at radius 3 is 2.54 bits per heavy atom. The lowest BCUT2D eigenvalue weighted by Crippen LogP contribution is -2.38. The fourth-order valence-corrected chi connectivity index (χ4v) is 5.61. The van der Waals surface area contributed by atoms with Crippen LogP contribution in [0.3, 0.4) is 0 Å². The number of hydrogen-bond acceptors (Lipinski definition) is 6. The van der Waals surface area contributed by atoms with E-state index in [4.69, 9.17) is 14.2 Å². The first kappa shape index (κ1) is 31.4. The highest BCUT2D eigenvalue weighted by Gasteiger charge is 2.31. The Hall–Kier alpha value is -5.18. The number of ether oxygens (including phenoxy) is 3. The van der Waals surface area contributed by atoms with Crippen molar-refractivity contribution in [3.05, 3.63) is 112 Å². The van der Waals surface area contributed by atoms with Crippen molar-refractivity contribution in [3.63, 3.8) is 0 Å². The third kappa shape index (κ3) is 6.50. The monoisotopic (exact) mass is 653 g/mol. The topological polar surface area (TPSA) is 95.7 Å². The number of pyridine rings is 1. The van der Waals surface area contributed by atoms with Crippen LogP contribution in [0.25, 0.3) is 22.3 Å². The molecule has 0 radical (unpaired) electrons. The standard InChI is InChI=1S/C37H30F3N3O5/c1-37(20-46-21-37)11-9-22-5-6-24(28(38)13-22)19-48-35-4-2-3-31(42-35)27-17-29(39)25(14-30(27)40)16-34-41-32-8-7-23(36(44)45)15-33(32)43(34)18-26-10-12-47-26/h2-8,13-15,17,26H,10,12,16,18-21H2,1H3,(H,44,45). The summed E-state index contributed by atoms with van der Waals surface area (Å²) < 4.78 is 64.2. The molecule has 0 bridgehead atoms. The number of halogens is 3. The number of fused-ring (bicyclic) bond motifs is 1. The number of carboxylic acid groups (broad SMARTS) is 1. The summed E-state index contributed by atoms with van der Waals surface area (Å²) in [6, 6.07) is 16.1. The molecule has 11 heteroatoms. The second-order valence-electron chi connectivity index (χ2n) is 12.3. The molecule has 2 aliphatic heterocycles. The largest absolute Gasteiger partial charge is 0.478 e. The van der Waals surface area contributed by atoms with Gasteiger partial charge in [-0.2, -0.15) is 0 Å². The highest BCUT2D eigenvalue weighted by atomic mass is 19.1. The number of hydrogen-bond donors (Lipinski definition) is 1. The zero-order chi connectivity index (χ0) is 33.4. The van der Waals surface area contributed by atoms with Gasteiger partial charge >= 0.3 is 5.97 Å². The lowest BCUT2D eigenvalue weighted by molar-refractivity contribution is -0.0648. The number of rotatable bonds is 9. The summed E-state index contributed by atoms with van der Waals surface area (Å²) in [6.07, 6.45) is 0.718. The fourth-order valence-electron chi connectivity index (χ4n) is 5.61. The normalized spacial score (nSPS) is 16.5. The van der Waals surface area contributed by atoms with E-state index < -0.39 is 23.4 Å². The van der Waals surface area contributed by atoms with Gasteiger partial charge in [-0.15, -0.1) is 0 Å². The van der Waals surface area contributed by atoms with Crippen molar-refractivity contribution in [2.24, 2.45) is 5.41 Å². The predicted molar refractivity (Wildman–Crippen MR) is 170 cm³/mol. The summed E-state index contributed by atoms with van der Waals surface area (Å²) in [5.41, 5.74) is 2.01. The zero-order valence-corrected chi connectivity index (χ0v) is 25.9. The van der Waals surface area contributed by atoms with E-state index in [1.807, 2.05) is 11.5 Å². The summed E-state index contributed by atoms with van der Waals surface area (Å²) in [5.74, 6) is 3.77. The van der Waals surface area contributed by atoms with Crippen LogP contribution in [-0.2, 0) is 29.0 Å². The second-order valence-corrected chi connectivity index (χ2v) is 12.3. The molecule has 2 aliphatic rings. The maximum atomic E-state index is 15.6. The Labute approximate surface area is 274 Å². The Balaban J connectivity index is 1.09. The molecular formula is C37H30F3N3O5. The van der Waals surface area contributed by atoms with Crippen molar-refractivity contribution in [1.82, 2.24) is 14.5 Å². The minimum absolute atomic E-state index is 0.0346. The van der Waals surface area contributed by atoms with Gasteiger partial charge in [-0.1, -0.05) is 24.0 Å². The van der Waals surface area contributed by atoms with E-state index in [9.17, 15) is 14.3 Å². The summed E-state index contributed by atoms with van der Waals surface area (Å²) in [7, 11) is 0. The van der Waals surface area contributed by atoms with Gasteiger partial charge in [0.2, 0.25) is 5.88 Å². The second kappa shape index (κ2) is 12.8. The SMILES string of the molecule is CC1(C#Cc2ccc(COc3cccc(-c4cc(F)c(Cc5nc6ccc(C(=O)O)cc6n5CC5CCO5)cc4F)n3)c(F)c2)COC1. The van der Waals surface area contributed by atoms with Crippen LogP contribution in [0.1, 0.15) is 46.2 Å². The molecule has 4 heterocycles. The Morgan fingerprint density at radius 1 is 1.02 bits per heavy atom. The van der Waals surface area contributed by atoms with Crippen LogP contribution in [-0.4, -0.2) is 51.5 Å². The minimum atomic E-state index is -1.07. The number of carbonyl (C=O) groups is 1. The predicted octanol–water partition coefficient (Wildman–Crippen LogP) is 6.56. The Morgan fingerprint density at radius 2 is 1.83 bits per heavy atom. The van der Waals surface area contributed by atoms with Gasteiger partial charge in [0, 0.05) is 35.8 Å². The lowest BCUT2D eigenvalue weighted by atomic mass is 9.89. The maximum absolute atomic E-state index is 15.6. The van der Waals surface area contributed by atoms with Crippen LogP contribution in [0.4, 0.5) is 13.2 Å². The molecule has 1 atom stereocenters. The number of aromatic carboxylic acids is 1. The first-order valence-electron chi connectivity index (χ1n) is 15.5. The average Bonchev–Trinajstić information content (AvgIpc) is 3.37. The molecule has 0 spiro atoms.